The third kappa shape index (κ3) is 4.81. The van der Waals surface area contributed by atoms with E-state index in [-0.39, 0.29) is 35.7 Å². The first-order valence-corrected chi connectivity index (χ1v) is 10.9. The van der Waals surface area contributed by atoms with Crippen LogP contribution in [0.5, 0.6) is 0 Å². The van der Waals surface area contributed by atoms with Crippen molar-refractivity contribution in [1.29, 1.82) is 0 Å². The van der Waals surface area contributed by atoms with Crippen LogP contribution in [0.15, 0.2) is 24.3 Å². The quantitative estimate of drug-likeness (QED) is 0.797. The Bertz CT molecular complexity index is 748. The molecule has 6 nitrogen and oxygen atoms in total. The maximum absolute atomic E-state index is 13.7. The fourth-order valence-corrected chi connectivity index (χ4v) is 5.53. The van der Waals surface area contributed by atoms with Crippen molar-refractivity contribution in [2.45, 2.75) is 31.3 Å². The Kier molecular flexibility index (Phi) is 5.94. The van der Waals surface area contributed by atoms with Crippen LogP contribution in [-0.2, 0) is 21.1 Å². The molecule has 2 atom stereocenters. The molecule has 144 valence electrons. The molecule has 26 heavy (non-hydrogen) atoms. The molecule has 0 bridgehead atoms. The van der Waals surface area contributed by atoms with Gasteiger partial charge in [-0.2, -0.15) is 0 Å². The average Bonchev–Trinajstić information content (AvgIpc) is 2.97. The fourth-order valence-electron chi connectivity index (χ4n) is 3.77. The average molecular weight is 383 g/mol. The lowest BCUT2D eigenvalue weighted by atomic mass is 10.0. The van der Waals surface area contributed by atoms with Crippen molar-refractivity contribution in [1.82, 2.24) is 9.80 Å². The van der Waals surface area contributed by atoms with E-state index < -0.39 is 15.9 Å². The minimum absolute atomic E-state index is 0.0208. The summed E-state index contributed by atoms with van der Waals surface area (Å²) in [7, 11) is -2.89. The SMILES string of the molecule is N[C@@H](CC(=O)N1CCN(C2CCS(=O)(=O)C2)CC1)Cc1ccccc1F. The van der Waals surface area contributed by atoms with Gasteiger partial charge >= 0.3 is 0 Å². The largest absolute Gasteiger partial charge is 0.340 e. The highest BCUT2D eigenvalue weighted by Crippen LogP contribution is 2.19. The zero-order valence-electron chi connectivity index (χ0n) is 14.8. The zero-order chi connectivity index (χ0) is 18.7. The molecule has 1 aromatic carbocycles. The van der Waals surface area contributed by atoms with Gasteiger partial charge in [-0.15, -0.1) is 0 Å². The Balaban J connectivity index is 1.45. The lowest BCUT2D eigenvalue weighted by molar-refractivity contribution is -0.133. The number of benzene rings is 1. The standard InChI is InChI=1S/C18H26FN3O3S/c19-17-4-2-1-3-14(17)11-15(20)12-18(23)22-8-6-21(7-9-22)16-5-10-26(24,25)13-16/h1-4,15-16H,5-13,20H2/t15-,16?/m1/s1. The van der Waals surface area contributed by atoms with E-state index in [1.54, 1.807) is 23.1 Å². The van der Waals surface area contributed by atoms with E-state index in [0.29, 0.717) is 44.6 Å². The second-order valence-electron chi connectivity index (χ2n) is 7.23. The van der Waals surface area contributed by atoms with Crippen molar-refractivity contribution in [2.75, 3.05) is 37.7 Å². The van der Waals surface area contributed by atoms with E-state index in [4.69, 9.17) is 5.73 Å². The normalized spacial score (nSPS) is 24.5. The predicted octanol–water partition coefficient (Wildman–Crippen LogP) is 0.417. The van der Waals surface area contributed by atoms with E-state index in [2.05, 4.69) is 4.90 Å². The molecule has 0 spiro atoms. The fraction of sp³-hybridized carbons (Fsp3) is 0.611. The third-order valence-corrected chi connectivity index (χ3v) is 7.02. The first-order valence-electron chi connectivity index (χ1n) is 9.05. The van der Waals surface area contributed by atoms with Crippen LogP contribution in [0.4, 0.5) is 4.39 Å². The topological polar surface area (TPSA) is 83.7 Å². The first-order chi connectivity index (χ1) is 12.3. The lowest BCUT2D eigenvalue weighted by Crippen LogP contribution is -2.53. The molecular weight excluding hydrogens is 357 g/mol. The van der Waals surface area contributed by atoms with Gasteiger partial charge in [0.25, 0.3) is 0 Å². The van der Waals surface area contributed by atoms with Gasteiger partial charge in [-0.25, -0.2) is 12.8 Å². The summed E-state index contributed by atoms with van der Waals surface area (Å²) in [5, 5.41) is 0. The summed E-state index contributed by atoms with van der Waals surface area (Å²) in [4.78, 5) is 16.4. The van der Waals surface area contributed by atoms with Crippen LogP contribution in [-0.4, -0.2) is 73.9 Å². The van der Waals surface area contributed by atoms with Gasteiger partial charge in [0, 0.05) is 44.7 Å². The number of rotatable bonds is 5. The van der Waals surface area contributed by atoms with Gasteiger partial charge < -0.3 is 10.6 Å². The molecule has 1 amide bonds. The van der Waals surface area contributed by atoms with Gasteiger partial charge in [0.15, 0.2) is 9.84 Å². The van der Waals surface area contributed by atoms with Gasteiger partial charge in [0.1, 0.15) is 5.82 Å². The van der Waals surface area contributed by atoms with Crippen molar-refractivity contribution in [2.24, 2.45) is 5.73 Å². The van der Waals surface area contributed by atoms with E-state index in [1.165, 1.54) is 6.07 Å². The maximum Gasteiger partial charge on any atom is 0.224 e. The molecule has 2 aliphatic heterocycles. The van der Waals surface area contributed by atoms with E-state index in [9.17, 15) is 17.6 Å². The molecule has 0 radical (unpaired) electrons. The second kappa shape index (κ2) is 8.02. The van der Waals surface area contributed by atoms with Crippen LogP contribution < -0.4 is 5.73 Å². The van der Waals surface area contributed by atoms with Crippen LogP contribution in [0.1, 0.15) is 18.4 Å². The number of carbonyl (C=O) groups excluding carboxylic acids is 1. The number of carbonyl (C=O) groups is 1. The number of halogens is 1. The van der Waals surface area contributed by atoms with Crippen LogP contribution in [0.3, 0.4) is 0 Å². The first kappa shape index (κ1) is 19.3. The number of piperazine rings is 1. The number of sulfone groups is 1. The number of hydrogen-bond acceptors (Lipinski definition) is 5. The lowest BCUT2D eigenvalue weighted by Gasteiger charge is -2.38. The highest BCUT2D eigenvalue weighted by atomic mass is 32.2. The van der Waals surface area contributed by atoms with Crippen molar-refractivity contribution < 1.29 is 17.6 Å². The molecule has 3 rings (SSSR count). The van der Waals surface area contributed by atoms with Crippen LogP contribution in [0.25, 0.3) is 0 Å². The monoisotopic (exact) mass is 383 g/mol. The van der Waals surface area contributed by atoms with E-state index >= 15 is 0 Å². The zero-order valence-corrected chi connectivity index (χ0v) is 15.6. The summed E-state index contributed by atoms with van der Waals surface area (Å²) in [5.41, 5.74) is 6.58. The molecule has 1 aromatic rings. The second-order valence-corrected chi connectivity index (χ2v) is 9.46. The van der Waals surface area contributed by atoms with Crippen molar-refractivity contribution >= 4 is 15.7 Å². The number of amides is 1. The molecule has 2 fully saturated rings. The van der Waals surface area contributed by atoms with Crippen molar-refractivity contribution in [3.05, 3.63) is 35.6 Å². The van der Waals surface area contributed by atoms with Crippen LogP contribution in [0, 0.1) is 5.82 Å². The summed E-state index contributed by atoms with van der Waals surface area (Å²) >= 11 is 0. The summed E-state index contributed by atoms with van der Waals surface area (Å²) in [6.07, 6.45) is 1.20. The molecule has 2 aliphatic rings. The highest BCUT2D eigenvalue weighted by Gasteiger charge is 2.34. The van der Waals surface area contributed by atoms with Gasteiger partial charge in [-0.05, 0) is 24.5 Å². The van der Waals surface area contributed by atoms with Gasteiger partial charge in [-0.1, -0.05) is 18.2 Å². The third-order valence-electron chi connectivity index (χ3n) is 5.27. The van der Waals surface area contributed by atoms with E-state index in [0.717, 1.165) is 0 Å². The number of nitrogens with two attached hydrogens (primary N) is 1. The molecule has 0 aliphatic carbocycles. The van der Waals surface area contributed by atoms with Crippen molar-refractivity contribution in [3.63, 3.8) is 0 Å². The van der Waals surface area contributed by atoms with Gasteiger partial charge in [-0.3, -0.25) is 9.69 Å². The molecule has 0 aromatic heterocycles. The summed E-state index contributed by atoms with van der Waals surface area (Å²) in [6.45, 7) is 2.55. The number of hydrogen-bond donors (Lipinski definition) is 1. The predicted molar refractivity (Wildman–Crippen MR) is 97.9 cm³/mol. The van der Waals surface area contributed by atoms with Crippen LogP contribution >= 0.6 is 0 Å². The highest BCUT2D eigenvalue weighted by molar-refractivity contribution is 7.91. The minimum atomic E-state index is -2.89. The molecule has 0 saturated carbocycles. The Morgan fingerprint density at radius 2 is 1.92 bits per heavy atom. The molecule has 2 N–H and O–H groups in total. The smallest absolute Gasteiger partial charge is 0.224 e. The van der Waals surface area contributed by atoms with Gasteiger partial charge in [0.05, 0.1) is 11.5 Å². The van der Waals surface area contributed by atoms with Gasteiger partial charge in [0.2, 0.25) is 5.91 Å². The number of nitrogens with zero attached hydrogens (tertiary/aromatic N) is 2. The van der Waals surface area contributed by atoms with Crippen molar-refractivity contribution in [3.8, 4) is 0 Å². The molecule has 1 unspecified atom stereocenters. The summed E-state index contributed by atoms with van der Waals surface area (Å²) in [6, 6.07) is 6.14. The molecule has 2 heterocycles. The summed E-state index contributed by atoms with van der Waals surface area (Å²) < 4.78 is 36.9. The minimum Gasteiger partial charge on any atom is -0.340 e. The maximum atomic E-state index is 13.7. The molecular formula is C18H26FN3O3S. The summed E-state index contributed by atoms with van der Waals surface area (Å²) in [5.74, 6) is 0.180. The Hall–Kier alpha value is -1.51. The molecule has 8 heteroatoms. The molecule has 2 saturated heterocycles. The van der Waals surface area contributed by atoms with Crippen LogP contribution in [0.2, 0.25) is 0 Å². The Morgan fingerprint density at radius 3 is 2.54 bits per heavy atom. The van der Waals surface area contributed by atoms with E-state index in [1.807, 2.05) is 0 Å². The Labute approximate surface area is 154 Å². The Morgan fingerprint density at radius 1 is 1.23 bits per heavy atom.